The van der Waals surface area contributed by atoms with Gasteiger partial charge in [-0.1, -0.05) is 0 Å². The zero-order valence-electron chi connectivity index (χ0n) is 10.4. The van der Waals surface area contributed by atoms with Crippen LogP contribution in [0.25, 0.3) is 0 Å². The van der Waals surface area contributed by atoms with Crippen molar-refractivity contribution in [1.29, 1.82) is 0 Å². The van der Waals surface area contributed by atoms with Crippen molar-refractivity contribution in [2.75, 3.05) is 0 Å². The predicted molar refractivity (Wildman–Crippen MR) is 66.1 cm³/mol. The van der Waals surface area contributed by atoms with E-state index in [4.69, 9.17) is 0 Å². The van der Waals surface area contributed by atoms with Crippen molar-refractivity contribution in [1.82, 2.24) is 10.9 Å². The van der Waals surface area contributed by atoms with Gasteiger partial charge in [-0.15, -0.1) is 0 Å². The Kier molecular flexibility index (Phi) is 1.46. The quantitative estimate of drug-likeness (QED) is 0.648. The molecule has 6 heteroatoms. The summed E-state index contributed by atoms with van der Waals surface area (Å²) in [6.07, 6.45) is 4.18. The van der Waals surface area contributed by atoms with Crippen LogP contribution in [0.3, 0.4) is 0 Å². The lowest BCUT2D eigenvalue weighted by atomic mass is 9.50. The van der Waals surface area contributed by atoms with Gasteiger partial charge in [-0.3, -0.25) is 9.59 Å². The normalized spacial score (nSPS) is 49.1. The molecule has 4 bridgehead atoms. The van der Waals surface area contributed by atoms with Crippen LogP contribution in [-0.2, 0) is 9.59 Å². The monoisotopic (exact) mass is 258 g/mol. The molecule has 98 valence electrons. The van der Waals surface area contributed by atoms with Crippen molar-refractivity contribution in [3.8, 4) is 0 Å². The van der Waals surface area contributed by atoms with Gasteiger partial charge in [0.15, 0.2) is 0 Å². The van der Waals surface area contributed by atoms with Crippen molar-refractivity contribution in [2.45, 2.75) is 32.1 Å². The van der Waals surface area contributed by atoms with Crippen LogP contribution in [0.2, 0.25) is 0 Å². The van der Waals surface area contributed by atoms with Crippen LogP contribution >= 0.6 is 0 Å². The maximum Gasteiger partial charge on any atom is 0.252 e. The number of nitrogens with zero attached hydrogens (tertiary/aromatic N) is 2. The first kappa shape index (κ1) is 10.1. The molecule has 4 atom stereocenters. The van der Waals surface area contributed by atoms with E-state index < -0.39 is 10.8 Å². The van der Waals surface area contributed by atoms with Crippen molar-refractivity contribution in [2.24, 2.45) is 32.9 Å². The molecule has 6 aliphatic rings. The van der Waals surface area contributed by atoms with Crippen molar-refractivity contribution >= 4 is 23.2 Å². The van der Waals surface area contributed by atoms with Gasteiger partial charge in [-0.2, -0.15) is 10.2 Å². The second kappa shape index (κ2) is 2.73. The average molecular weight is 258 g/mol. The first-order valence-electron chi connectivity index (χ1n) is 6.93. The Hall–Kier alpha value is -1.72. The molecule has 2 spiro atoms. The fourth-order valence-corrected chi connectivity index (χ4v) is 5.16. The minimum absolute atomic E-state index is 0.00257. The zero-order chi connectivity index (χ0) is 12.8. The van der Waals surface area contributed by atoms with Crippen LogP contribution in [0.15, 0.2) is 10.2 Å². The standard InChI is InChI=1S/C13H14N4O2/c18-10-12-3-6-1-2-7(9(12)15-17-10)4-13(5-12)8(6)14-16-11(13)19/h6-7H,1-5H2,(H,16,19)(H,17,18)/t6-,7-,12-,13-/m1/s1. The fourth-order valence-electron chi connectivity index (χ4n) is 5.16. The number of rotatable bonds is 0. The summed E-state index contributed by atoms with van der Waals surface area (Å²) >= 11 is 0. The molecular weight excluding hydrogens is 244 g/mol. The molecule has 2 amide bonds. The van der Waals surface area contributed by atoms with Crippen molar-refractivity contribution in [3.63, 3.8) is 0 Å². The Morgan fingerprint density at radius 3 is 1.84 bits per heavy atom. The molecular formula is C13H14N4O2. The molecule has 2 aliphatic heterocycles. The van der Waals surface area contributed by atoms with E-state index in [1.54, 1.807) is 0 Å². The molecule has 0 saturated heterocycles. The molecule has 6 rings (SSSR count). The summed E-state index contributed by atoms with van der Waals surface area (Å²) in [6, 6.07) is 0. The lowest BCUT2D eigenvalue weighted by Gasteiger charge is -2.49. The lowest BCUT2D eigenvalue weighted by molar-refractivity contribution is -0.134. The first-order chi connectivity index (χ1) is 9.16. The Morgan fingerprint density at radius 1 is 0.895 bits per heavy atom. The second-order valence-electron chi connectivity index (χ2n) is 6.60. The Morgan fingerprint density at radius 2 is 1.37 bits per heavy atom. The lowest BCUT2D eigenvalue weighted by Crippen LogP contribution is -2.59. The molecule has 0 aromatic rings. The molecule has 19 heavy (non-hydrogen) atoms. The summed E-state index contributed by atoms with van der Waals surface area (Å²) in [6.45, 7) is 0. The summed E-state index contributed by atoms with van der Waals surface area (Å²) in [4.78, 5) is 24.7. The van der Waals surface area contributed by atoms with E-state index in [-0.39, 0.29) is 23.7 Å². The second-order valence-corrected chi connectivity index (χ2v) is 6.60. The van der Waals surface area contributed by atoms with Crippen LogP contribution in [0.5, 0.6) is 0 Å². The number of hydrazone groups is 2. The van der Waals surface area contributed by atoms with Gasteiger partial charge in [0.25, 0.3) is 11.8 Å². The third kappa shape index (κ3) is 0.884. The summed E-state index contributed by atoms with van der Waals surface area (Å²) in [5, 5.41) is 8.62. The SMILES string of the molecule is O=C1NN=C2[C@@H]3CC[C@@H]4C[C@]12C[C@@]1(C3)C(=O)NN=C41. The smallest absolute Gasteiger partial charge is 0.252 e. The summed E-state index contributed by atoms with van der Waals surface area (Å²) in [5.41, 5.74) is 6.31. The number of amides is 2. The summed E-state index contributed by atoms with van der Waals surface area (Å²) in [7, 11) is 0. The van der Waals surface area contributed by atoms with Gasteiger partial charge in [-0.05, 0) is 32.1 Å². The van der Waals surface area contributed by atoms with Gasteiger partial charge < -0.3 is 0 Å². The van der Waals surface area contributed by atoms with E-state index in [0.717, 1.165) is 37.1 Å². The summed E-state index contributed by atoms with van der Waals surface area (Å²) in [5.74, 6) is 0.512. The highest BCUT2D eigenvalue weighted by Crippen LogP contribution is 2.62. The number of hydrogen-bond acceptors (Lipinski definition) is 4. The highest BCUT2D eigenvalue weighted by atomic mass is 16.2. The van der Waals surface area contributed by atoms with Gasteiger partial charge in [0, 0.05) is 11.8 Å². The molecule has 6 nitrogen and oxygen atoms in total. The van der Waals surface area contributed by atoms with E-state index in [1.807, 2.05) is 0 Å². The van der Waals surface area contributed by atoms with Gasteiger partial charge >= 0.3 is 0 Å². The molecule has 4 aliphatic carbocycles. The minimum atomic E-state index is -0.523. The Balaban J connectivity index is 1.79. The average Bonchev–Trinajstić information content (AvgIpc) is 2.80. The molecule has 2 N–H and O–H groups in total. The maximum absolute atomic E-state index is 12.4. The summed E-state index contributed by atoms with van der Waals surface area (Å²) < 4.78 is 0. The fraction of sp³-hybridized carbons (Fsp3) is 0.692. The molecule has 4 fully saturated rings. The Bertz CT molecular complexity index is 558. The topological polar surface area (TPSA) is 82.9 Å². The first-order valence-corrected chi connectivity index (χ1v) is 6.93. The van der Waals surface area contributed by atoms with Gasteiger partial charge in [-0.25, -0.2) is 10.9 Å². The van der Waals surface area contributed by atoms with E-state index in [9.17, 15) is 9.59 Å². The van der Waals surface area contributed by atoms with Crippen LogP contribution in [-0.4, -0.2) is 23.2 Å². The van der Waals surface area contributed by atoms with Gasteiger partial charge in [0.1, 0.15) is 0 Å². The molecule has 2 heterocycles. The third-order valence-electron chi connectivity index (χ3n) is 5.84. The van der Waals surface area contributed by atoms with E-state index >= 15 is 0 Å². The number of carbonyl (C=O) groups is 2. The van der Waals surface area contributed by atoms with Crippen molar-refractivity contribution in [3.05, 3.63) is 0 Å². The van der Waals surface area contributed by atoms with Crippen LogP contribution in [0.4, 0.5) is 0 Å². The third-order valence-corrected chi connectivity index (χ3v) is 5.84. The van der Waals surface area contributed by atoms with Gasteiger partial charge in [0.2, 0.25) is 0 Å². The maximum atomic E-state index is 12.4. The van der Waals surface area contributed by atoms with Crippen LogP contribution < -0.4 is 10.9 Å². The van der Waals surface area contributed by atoms with Crippen molar-refractivity contribution < 1.29 is 9.59 Å². The molecule has 0 radical (unpaired) electrons. The minimum Gasteiger partial charge on any atom is -0.272 e. The van der Waals surface area contributed by atoms with Crippen LogP contribution in [0.1, 0.15) is 32.1 Å². The highest BCUT2D eigenvalue weighted by molar-refractivity contribution is 6.22. The molecule has 0 unspecified atom stereocenters. The van der Waals surface area contributed by atoms with Gasteiger partial charge in [0.05, 0.1) is 22.3 Å². The molecule has 0 aromatic heterocycles. The van der Waals surface area contributed by atoms with Crippen LogP contribution in [0, 0.1) is 22.7 Å². The van der Waals surface area contributed by atoms with E-state index in [0.29, 0.717) is 6.42 Å². The Labute approximate surface area is 109 Å². The number of nitrogens with one attached hydrogen (secondary N) is 2. The number of fused-ring (bicyclic) bond motifs is 1. The predicted octanol–water partition coefficient (Wildman–Crippen LogP) is 0.154. The largest absolute Gasteiger partial charge is 0.272 e. The number of hydrogen-bond donors (Lipinski definition) is 2. The van der Waals surface area contributed by atoms with E-state index in [1.165, 1.54) is 0 Å². The molecule has 0 aromatic carbocycles. The molecule has 4 saturated carbocycles. The number of carbonyl (C=O) groups excluding carboxylic acids is 2. The zero-order valence-corrected chi connectivity index (χ0v) is 10.4. The highest BCUT2D eigenvalue weighted by Gasteiger charge is 2.69. The van der Waals surface area contributed by atoms with E-state index in [2.05, 4.69) is 21.1 Å².